The van der Waals surface area contributed by atoms with Crippen molar-refractivity contribution < 1.29 is 14.3 Å². The molecule has 0 aliphatic heterocycles. The fourth-order valence-corrected chi connectivity index (χ4v) is 2.79. The van der Waals surface area contributed by atoms with E-state index < -0.39 is 12.0 Å². The van der Waals surface area contributed by atoms with Gasteiger partial charge in [0.25, 0.3) is 5.91 Å². The number of amides is 1. The maximum absolute atomic E-state index is 13.3. The molecule has 0 bridgehead atoms. The second-order valence-electron chi connectivity index (χ2n) is 5.87. The van der Waals surface area contributed by atoms with Gasteiger partial charge < -0.3 is 9.64 Å². The van der Waals surface area contributed by atoms with Crippen molar-refractivity contribution in [2.75, 3.05) is 7.11 Å². The van der Waals surface area contributed by atoms with Crippen molar-refractivity contribution in [3.05, 3.63) is 72.2 Å². The van der Waals surface area contributed by atoms with Crippen LogP contribution in [0.4, 0.5) is 0 Å². The zero-order valence-corrected chi connectivity index (χ0v) is 14.6. The van der Waals surface area contributed by atoms with Gasteiger partial charge in [-0.05, 0) is 24.6 Å². The van der Waals surface area contributed by atoms with Gasteiger partial charge in [-0.3, -0.25) is 14.8 Å². The van der Waals surface area contributed by atoms with Crippen LogP contribution in [0, 0.1) is 0 Å². The molecule has 1 aromatic carbocycles. The number of carbonyl (C=O) groups is 2. The number of ether oxygens (including phenoxy) is 1. The minimum absolute atomic E-state index is 0.271. The lowest BCUT2D eigenvalue weighted by Crippen LogP contribution is -2.43. The summed E-state index contributed by atoms with van der Waals surface area (Å²) in [4.78, 5) is 35.2. The number of fused-ring (bicyclic) bond motifs is 1. The van der Waals surface area contributed by atoms with Gasteiger partial charge in [0, 0.05) is 30.5 Å². The number of rotatable bonds is 5. The standard InChI is InChI=1S/C20H19N3O3/c1-14(20(25)26-2)23(13-15-6-4-3-5-7-15)19(24)16-8-11-22-18-9-10-21-12-17(16)18/h3-12,14H,13H2,1-2H3/t14-/m0/s1. The van der Waals surface area contributed by atoms with E-state index in [4.69, 9.17) is 4.74 Å². The van der Waals surface area contributed by atoms with E-state index in [9.17, 15) is 9.59 Å². The maximum atomic E-state index is 13.3. The predicted octanol–water partition coefficient (Wildman–Crippen LogP) is 2.83. The first-order valence-corrected chi connectivity index (χ1v) is 8.23. The molecular formula is C20H19N3O3. The molecule has 0 saturated carbocycles. The number of pyridine rings is 2. The number of hydrogen-bond acceptors (Lipinski definition) is 5. The van der Waals surface area contributed by atoms with Crippen LogP contribution >= 0.6 is 0 Å². The highest BCUT2D eigenvalue weighted by Crippen LogP contribution is 2.20. The Hall–Kier alpha value is -3.28. The van der Waals surface area contributed by atoms with Crippen LogP contribution in [0.2, 0.25) is 0 Å². The van der Waals surface area contributed by atoms with Crippen molar-refractivity contribution in [2.45, 2.75) is 19.5 Å². The van der Waals surface area contributed by atoms with Crippen LogP contribution in [0.25, 0.3) is 10.9 Å². The molecular weight excluding hydrogens is 330 g/mol. The fourth-order valence-electron chi connectivity index (χ4n) is 2.79. The molecule has 0 aliphatic carbocycles. The molecule has 6 nitrogen and oxygen atoms in total. The van der Waals surface area contributed by atoms with Gasteiger partial charge in [0.05, 0.1) is 18.2 Å². The third-order valence-corrected chi connectivity index (χ3v) is 4.24. The Balaban J connectivity index is 2.02. The molecule has 132 valence electrons. The van der Waals surface area contributed by atoms with E-state index in [0.29, 0.717) is 23.0 Å². The Labute approximate surface area is 151 Å². The molecule has 6 heteroatoms. The van der Waals surface area contributed by atoms with Crippen LogP contribution in [0.15, 0.2) is 61.1 Å². The Kier molecular flexibility index (Phi) is 5.22. The lowest BCUT2D eigenvalue weighted by Gasteiger charge is -2.28. The lowest BCUT2D eigenvalue weighted by atomic mass is 10.1. The molecule has 3 rings (SSSR count). The third kappa shape index (κ3) is 3.54. The van der Waals surface area contributed by atoms with Crippen molar-refractivity contribution in [1.82, 2.24) is 14.9 Å². The van der Waals surface area contributed by atoms with Crippen molar-refractivity contribution in [2.24, 2.45) is 0 Å². The van der Waals surface area contributed by atoms with Crippen LogP contribution in [0.1, 0.15) is 22.8 Å². The Bertz CT molecular complexity index is 922. The van der Waals surface area contributed by atoms with Crippen LogP contribution in [0.5, 0.6) is 0 Å². The quantitative estimate of drug-likeness (QED) is 0.662. The Morgan fingerprint density at radius 2 is 1.88 bits per heavy atom. The summed E-state index contributed by atoms with van der Waals surface area (Å²) in [6.45, 7) is 1.95. The summed E-state index contributed by atoms with van der Waals surface area (Å²) >= 11 is 0. The third-order valence-electron chi connectivity index (χ3n) is 4.24. The first-order valence-electron chi connectivity index (χ1n) is 8.23. The van der Waals surface area contributed by atoms with Gasteiger partial charge in [-0.25, -0.2) is 4.79 Å². The van der Waals surface area contributed by atoms with E-state index in [1.54, 1.807) is 37.6 Å². The highest BCUT2D eigenvalue weighted by Gasteiger charge is 2.28. The van der Waals surface area contributed by atoms with E-state index in [2.05, 4.69) is 9.97 Å². The Morgan fingerprint density at radius 3 is 2.62 bits per heavy atom. The van der Waals surface area contributed by atoms with E-state index in [0.717, 1.165) is 5.56 Å². The van der Waals surface area contributed by atoms with Crippen LogP contribution < -0.4 is 0 Å². The molecule has 1 amide bonds. The zero-order chi connectivity index (χ0) is 18.5. The van der Waals surface area contributed by atoms with Crippen LogP contribution in [-0.2, 0) is 16.1 Å². The summed E-state index contributed by atoms with van der Waals surface area (Å²) in [5.41, 5.74) is 2.05. The monoisotopic (exact) mass is 349 g/mol. The Morgan fingerprint density at radius 1 is 1.12 bits per heavy atom. The molecule has 0 aliphatic rings. The molecule has 0 unspecified atom stereocenters. The summed E-state index contributed by atoms with van der Waals surface area (Å²) in [6, 6.07) is 12.2. The molecule has 2 aromatic heterocycles. The smallest absolute Gasteiger partial charge is 0.328 e. The zero-order valence-electron chi connectivity index (χ0n) is 14.6. The molecule has 0 spiro atoms. The molecule has 0 saturated heterocycles. The topological polar surface area (TPSA) is 72.4 Å². The molecule has 2 heterocycles. The highest BCUT2D eigenvalue weighted by molar-refractivity contribution is 6.06. The van der Waals surface area contributed by atoms with Gasteiger partial charge in [0.15, 0.2) is 0 Å². The number of methoxy groups -OCH3 is 1. The first-order chi connectivity index (χ1) is 12.6. The normalized spacial score (nSPS) is 11.8. The largest absolute Gasteiger partial charge is 0.467 e. The number of esters is 1. The molecule has 0 fully saturated rings. The summed E-state index contributed by atoms with van der Waals surface area (Å²) in [6.07, 6.45) is 4.82. The predicted molar refractivity (Wildman–Crippen MR) is 97.3 cm³/mol. The van der Waals surface area contributed by atoms with Crippen LogP contribution in [0.3, 0.4) is 0 Å². The van der Waals surface area contributed by atoms with Gasteiger partial charge in [0.1, 0.15) is 6.04 Å². The fraction of sp³-hybridized carbons (Fsp3) is 0.200. The summed E-state index contributed by atoms with van der Waals surface area (Å²) in [5, 5.41) is 0.648. The van der Waals surface area contributed by atoms with Crippen molar-refractivity contribution >= 4 is 22.8 Å². The van der Waals surface area contributed by atoms with Gasteiger partial charge in [0.2, 0.25) is 0 Å². The van der Waals surface area contributed by atoms with Crippen LogP contribution in [-0.4, -0.2) is 39.9 Å². The maximum Gasteiger partial charge on any atom is 0.328 e. The van der Waals surface area contributed by atoms with Gasteiger partial charge in [-0.1, -0.05) is 30.3 Å². The van der Waals surface area contributed by atoms with Crippen molar-refractivity contribution in [3.63, 3.8) is 0 Å². The molecule has 0 radical (unpaired) electrons. The van der Waals surface area contributed by atoms with Gasteiger partial charge >= 0.3 is 5.97 Å². The molecule has 0 N–H and O–H groups in total. The highest BCUT2D eigenvalue weighted by atomic mass is 16.5. The SMILES string of the molecule is COC(=O)[C@H](C)N(Cc1ccccc1)C(=O)c1ccnc2ccncc12. The summed E-state index contributed by atoms with van der Waals surface area (Å²) in [7, 11) is 1.32. The number of benzene rings is 1. The second kappa shape index (κ2) is 7.74. The average molecular weight is 349 g/mol. The minimum atomic E-state index is -0.729. The average Bonchev–Trinajstić information content (AvgIpc) is 2.70. The van der Waals surface area contributed by atoms with E-state index in [-0.39, 0.29) is 5.91 Å². The molecule has 1 atom stereocenters. The number of hydrogen-bond donors (Lipinski definition) is 0. The minimum Gasteiger partial charge on any atom is -0.467 e. The molecule has 3 aromatic rings. The number of nitrogens with zero attached hydrogens (tertiary/aromatic N) is 3. The number of aromatic nitrogens is 2. The van der Waals surface area contributed by atoms with E-state index in [1.165, 1.54) is 12.0 Å². The lowest BCUT2D eigenvalue weighted by molar-refractivity contribution is -0.145. The van der Waals surface area contributed by atoms with E-state index in [1.807, 2.05) is 30.3 Å². The van der Waals surface area contributed by atoms with Gasteiger partial charge in [-0.2, -0.15) is 0 Å². The van der Waals surface area contributed by atoms with Crippen molar-refractivity contribution in [3.8, 4) is 0 Å². The summed E-state index contributed by atoms with van der Waals surface area (Å²) < 4.78 is 4.85. The molecule has 26 heavy (non-hydrogen) atoms. The van der Waals surface area contributed by atoms with Gasteiger partial charge in [-0.15, -0.1) is 0 Å². The van der Waals surface area contributed by atoms with Crippen molar-refractivity contribution in [1.29, 1.82) is 0 Å². The first kappa shape index (κ1) is 17.5. The number of carbonyl (C=O) groups excluding carboxylic acids is 2. The second-order valence-corrected chi connectivity index (χ2v) is 5.87. The summed E-state index contributed by atoms with van der Waals surface area (Å²) in [5.74, 6) is -0.738. The van der Waals surface area contributed by atoms with E-state index >= 15 is 0 Å².